The van der Waals surface area contributed by atoms with Crippen LogP contribution < -0.4 is 0 Å². The van der Waals surface area contributed by atoms with Crippen LogP contribution in [0.3, 0.4) is 0 Å². The molecule has 0 aromatic heterocycles. The van der Waals surface area contributed by atoms with E-state index in [9.17, 15) is 14.4 Å². The van der Waals surface area contributed by atoms with Crippen LogP contribution in [0.2, 0.25) is 0 Å². The zero-order valence-corrected chi connectivity index (χ0v) is 23.8. The topological polar surface area (TPSA) is 69.7 Å². The summed E-state index contributed by atoms with van der Waals surface area (Å²) in [7, 11) is 0. The van der Waals surface area contributed by atoms with Crippen LogP contribution in [-0.2, 0) is 19.1 Å². The summed E-state index contributed by atoms with van der Waals surface area (Å²) in [5.41, 5.74) is 1.14. The number of ether oxygens (including phenoxy) is 2. The Kier molecular flexibility index (Phi) is 10.1. The standard InChI is InChI=1S/C32H46O5/c1-19(2)25-14-10-22(6)16-29(25)36-31(34)27(18-28(33)24-12-8-21(5)9-13-24)32(35)37-30-17-23(7)11-15-26(30)20(3)4/h8-9,12-13,18-20,22-23,25-26,29-30H,10-11,14-17H2,1-7H3/t22-,23-,25+,26+,29-,30-/m1/s1. The van der Waals surface area contributed by atoms with E-state index >= 15 is 0 Å². The van der Waals surface area contributed by atoms with Crippen LogP contribution >= 0.6 is 0 Å². The van der Waals surface area contributed by atoms with Crippen molar-refractivity contribution < 1.29 is 23.9 Å². The maximum Gasteiger partial charge on any atom is 0.346 e. The van der Waals surface area contributed by atoms with Gasteiger partial charge in [-0.05, 0) is 68.1 Å². The molecular formula is C32H46O5. The van der Waals surface area contributed by atoms with Gasteiger partial charge in [-0.3, -0.25) is 4.79 Å². The molecular weight excluding hydrogens is 464 g/mol. The molecule has 0 heterocycles. The number of allylic oxidation sites excluding steroid dienone is 1. The number of aryl methyl sites for hydroxylation is 1. The van der Waals surface area contributed by atoms with Gasteiger partial charge in [0.15, 0.2) is 5.78 Å². The van der Waals surface area contributed by atoms with Gasteiger partial charge in [-0.2, -0.15) is 0 Å². The Morgan fingerprint density at radius 1 is 0.757 bits per heavy atom. The normalized spacial score (nSPS) is 28.0. The second-order valence-corrected chi connectivity index (χ2v) is 12.3. The minimum Gasteiger partial charge on any atom is -0.458 e. The van der Waals surface area contributed by atoms with Crippen molar-refractivity contribution in [3.63, 3.8) is 0 Å². The first-order chi connectivity index (χ1) is 17.5. The van der Waals surface area contributed by atoms with Crippen LogP contribution in [0.15, 0.2) is 35.9 Å². The van der Waals surface area contributed by atoms with Crippen molar-refractivity contribution in [1.82, 2.24) is 0 Å². The number of rotatable bonds is 8. The van der Waals surface area contributed by atoms with E-state index in [4.69, 9.17) is 9.47 Å². The van der Waals surface area contributed by atoms with Crippen LogP contribution in [0.1, 0.15) is 96.0 Å². The first-order valence-electron chi connectivity index (χ1n) is 14.2. The average Bonchev–Trinajstić information content (AvgIpc) is 2.82. The highest BCUT2D eigenvalue weighted by molar-refractivity contribution is 6.20. The molecule has 3 rings (SSSR count). The molecule has 0 bridgehead atoms. The van der Waals surface area contributed by atoms with Crippen molar-refractivity contribution in [3.8, 4) is 0 Å². The zero-order valence-electron chi connectivity index (χ0n) is 23.8. The van der Waals surface area contributed by atoms with Gasteiger partial charge in [-0.1, -0.05) is 84.2 Å². The lowest BCUT2D eigenvalue weighted by Gasteiger charge is -2.37. The molecule has 1 aromatic rings. The molecule has 0 spiro atoms. The predicted octanol–water partition coefficient (Wildman–Crippen LogP) is 7.11. The van der Waals surface area contributed by atoms with Gasteiger partial charge in [0.05, 0.1) is 0 Å². The van der Waals surface area contributed by atoms with Crippen molar-refractivity contribution in [2.75, 3.05) is 0 Å². The van der Waals surface area contributed by atoms with Crippen LogP contribution in [0, 0.1) is 42.4 Å². The summed E-state index contributed by atoms with van der Waals surface area (Å²) in [6.07, 6.45) is 6.27. The second-order valence-electron chi connectivity index (χ2n) is 12.3. The third-order valence-corrected chi connectivity index (χ3v) is 8.49. The van der Waals surface area contributed by atoms with Gasteiger partial charge in [0, 0.05) is 11.6 Å². The smallest absolute Gasteiger partial charge is 0.346 e. The molecule has 1 aromatic carbocycles. The Balaban J connectivity index is 1.88. The lowest BCUT2D eigenvalue weighted by molar-refractivity contribution is -0.159. The van der Waals surface area contributed by atoms with E-state index in [0.29, 0.717) is 29.2 Å². The van der Waals surface area contributed by atoms with E-state index in [-0.39, 0.29) is 29.6 Å². The number of hydrogen-bond acceptors (Lipinski definition) is 5. The first-order valence-corrected chi connectivity index (χ1v) is 14.2. The summed E-state index contributed by atoms with van der Waals surface area (Å²) in [5, 5.41) is 0. The molecule has 0 aliphatic heterocycles. The van der Waals surface area contributed by atoms with Crippen molar-refractivity contribution in [2.45, 2.75) is 99.2 Å². The molecule has 2 fully saturated rings. The highest BCUT2D eigenvalue weighted by Gasteiger charge is 2.38. The lowest BCUT2D eigenvalue weighted by atomic mass is 9.75. The van der Waals surface area contributed by atoms with Gasteiger partial charge in [0.1, 0.15) is 17.8 Å². The molecule has 204 valence electrons. The van der Waals surface area contributed by atoms with Crippen molar-refractivity contribution in [2.24, 2.45) is 35.5 Å². The molecule has 5 heteroatoms. The van der Waals surface area contributed by atoms with E-state index in [0.717, 1.165) is 50.2 Å². The van der Waals surface area contributed by atoms with Gasteiger partial charge in [-0.15, -0.1) is 0 Å². The van der Waals surface area contributed by atoms with Gasteiger partial charge in [-0.25, -0.2) is 9.59 Å². The number of carbonyl (C=O) groups is 3. The molecule has 0 radical (unpaired) electrons. The monoisotopic (exact) mass is 510 g/mol. The summed E-state index contributed by atoms with van der Waals surface area (Å²) < 4.78 is 12.0. The molecule has 0 unspecified atom stereocenters. The Labute approximate surface area is 223 Å². The van der Waals surface area contributed by atoms with Crippen molar-refractivity contribution in [3.05, 3.63) is 47.0 Å². The van der Waals surface area contributed by atoms with Gasteiger partial charge in [0.25, 0.3) is 0 Å². The first kappa shape index (κ1) is 29.1. The largest absolute Gasteiger partial charge is 0.458 e. The third-order valence-electron chi connectivity index (χ3n) is 8.49. The number of hydrogen-bond donors (Lipinski definition) is 0. The minimum atomic E-state index is -0.750. The van der Waals surface area contributed by atoms with E-state index in [1.165, 1.54) is 0 Å². The third kappa shape index (κ3) is 7.78. The molecule has 2 aliphatic carbocycles. The number of benzene rings is 1. The van der Waals surface area contributed by atoms with Gasteiger partial charge >= 0.3 is 11.9 Å². The van der Waals surface area contributed by atoms with Gasteiger partial charge in [0.2, 0.25) is 0 Å². The van der Waals surface area contributed by atoms with Crippen LogP contribution in [0.25, 0.3) is 0 Å². The lowest BCUT2D eigenvalue weighted by Crippen LogP contribution is -2.39. The number of ketones is 1. The SMILES string of the molecule is Cc1ccc(C(=O)C=C(C(=O)O[C@@H]2C[C@H](C)CC[C@H]2C(C)C)C(=O)O[C@@H]2C[C@H](C)CC[C@H]2C(C)C)cc1. The van der Waals surface area contributed by atoms with Crippen LogP contribution in [-0.4, -0.2) is 29.9 Å². The summed E-state index contributed by atoms with van der Waals surface area (Å²) in [4.78, 5) is 40.2. The molecule has 2 aliphatic rings. The van der Waals surface area contributed by atoms with Crippen LogP contribution in [0.4, 0.5) is 0 Å². The number of esters is 2. The van der Waals surface area contributed by atoms with Crippen LogP contribution in [0.5, 0.6) is 0 Å². The fourth-order valence-electron chi connectivity index (χ4n) is 6.04. The molecule has 0 saturated heterocycles. The highest BCUT2D eigenvalue weighted by atomic mass is 16.6. The number of carbonyl (C=O) groups excluding carboxylic acids is 3. The summed E-state index contributed by atoms with van der Waals surface area (Å²) >= 11 is 0. The molecule has 5 nitrogen and oxygen atoms in total. The maximum atomic E-state index is 13.5. The van der Waals surface area contributed by atoms with Crippen molar-refractivity contribution in [1.29, 1.82) is 0 Å². The Morgan fingerprint density at radius 2 is 1.19 bits per heavy atom. The van der Waals surface area contributed by atoms with E-state index in [1.54, 1.807) is 12.1 Å². The van der Waals surface area contributed by atoms with Crippen molar-refractivity contribution >= 4 is 17.7 Å². The Morgan fingerprint density at radius 3 is 1.59 bits per heavy atom. The van der Waals surface area contributed by atoms with E-state index in [1.807, 2.05) is 19.1 Å². The maximum absolute atomic E-state index is 13.5. The molecule has 0 N–H and O–H groups in total. The van der Waals surface area contributed by atoms with E-state index in [2.05, 4.69) is 41.5 Å². The fraction of sp³-hybridized carbons (Fsp3) is 0.656. The minimum absolute atomic E-state index is 0.231. The average molecular weight is 511 g/mol. The second kappa shape index (κ2) is 12.9. The zero-order chi connectivity index (χ0) is 27.3. The summed E-state index contributed by atoms with van der Waals surface area (Å²) in [5.74, 6) is 0.154. The predicted molar refractivity (Wildman–Crippen MR) is 146 cm³/mol. The molecule has 0 amide bonds. The van der Waals surface area contributed by atoms with E-state index < -0.39 is 17.7 Å². The molecule has 2 saturated carbocycles. The Hall–Kier alpha value is -2.43. The highest BCUT2D eigenvalue weighted by Crippen LogP contribution is 2.37. The molecule has 37 heavy (non-hydrogen) atoms. The summed E-state index contributed by atoms with van der Waals surface area (Å²) in [6, 6.07) is 7.09. The Bertz CT molecular complexity index is 925. The fourth-order valence-corrected chi connectivity index (χ4v) is 6.04. The summed E-state index contributed by atoms with van der Waals surface area (Å²) in [6.45, 7) is 14.8. The van der Waals surface area contributed by atoms with Gasteiger partial charge < -0.3 is 9.47 Å². The quantitative estimate of drug-likeness (QED) is 0.122. The molecule has 6 atom stereocenters.